The van der Waals surface area contributed by atoms with Crippen molar-refractivity contribution in [1.29, 1.82) is 0 Å². The summed E-state index contributed by atoms with van der Waals surface area (Å²) in [5.74, 6) is 0.148. The third-order valence-corrected chi connectivity index (χ3v) is 6.10. The molecule has 0 spiro atoms. The Labute approximate surface area is 212 Å². The van der Waals surface area contributed by atoms with Gasteiger partial charge in [-0.15, -0.1) is 10.2 Å². The average molecular weight is 568 g/mol. The Bertz CT molecular complexity index is 1340. The first-order valence-electron chi connectivity index (χ1n) is 9.71. The zero-order chi connectivity index (χ0) is 23.7. The number of pyridine rings is 1. The lowest BCUT2D eigenvalue weighted by molar-refractivity contribution is 0.101. The molecule has 0 saturated heterocycles. The monoisotopic (exact) mass is 566 g/mol. The van der Waals surface area contributed by atoms with E-state index in [0.717, 1.165) is 5.56 Å². The van der Waals surface area contributed by atoms with Crippen LogP contribution in [0, 0.1) is 6.92 Å². The highest BCUT2D eigenvalue weighted by Gasteiger charge is 2.23. The van der Waals surface area contributed by atoms with Gasteiger partial charge in [0.2, 0.25) is 0 Å². The lowest BCUT2D eigenvalue weighted by Crippen LogP contribution is -2.18. The summed E-state index contributed by atoms with van der Waals surface area (Å²) in [6, 6.07) is 8.36. The van der Waals surface area contributed by atoms with E-state index in [2.05, 4.69) is 41.5 Å². The van der Waals surface area contributed by atoms with Crippen molar-refractivity contribution in [2.45, 2.75) is 31.2 Å². The van der Waals surface area contributed by atoms with Gasteiger partial charge in [-0.3, -0.25) is 4.79 Å². The minimum atomic E-state index is -0.433. The van der Waals surface area contributed by atoms with Crippen LogP contribution in [0.2, 0.25) is 10.0 Å². The summed E-state index contributed by atoms with van der Waals surface area (Å²) < 4.78 is 7.63. The van der Waals surface area contributed by atoms with Crippen LogP contribution >= 0.6 is 50.9 Å². The summed E-state index contributed by atoms with van der Waals surface area (Å²) in [7, 11) is 0. The van der Waals surface area contributed by atoms with Crippen LogP contribution in [0.3, 0.4) is 0 Å². The molecule has 0 unspecified atom stereocenters. The van der Waals surface area contributed by atoms with Gasteiger partial charge in [-0.05, 0) is 52.7 Å². The van der Waals surface area contributed by atoms with Crippen molar-refractivity contribution >= 4 is 62.5 Å². The Balaban J connectivity index is 1.73. The molecule has 1 amide bonds. The Hall–Kier alpha value is -2.40. The predicted molar refractivity (Wildman–Crippen MR) is 132 cm³/mol. The summed E-state index contributed by atoms with van der Waals surface area (Å²) in [5.41, 5.74) is 1.95. The van der Waals surface area contributed by atoms with Crippen LogP contribution in [-0.4, -0.2) is 36.1 Å². The second-order valence-electron chi connectivity index (χ2n) is 7.21. The number of nitrogens with one attached hydrogen (secondary N) is 1. The molecule has 170 valence electrons. The number of amides is 1. The number of hydrogen-bond donors (Lipinski definition) is 1. The third-order valence-electron chi connectivity index (χ3n) is 4.36. The van der Waals surface area contributed by atoms with Crippen molar-refractivity contribution in [2.75, 3.05) is 5.32 Å². The fraction of sp³-hybridized carbons (Fsp3) is 0.190. The molecule has 3 aromatic heterocycles. The number of carbonyl (C=O) groups is 1. The Kier molecular flexibility index (Phi) is 7.08. The molecule has 4 rings (SSSR count). The minimum Gasteiger partial charge on any atom is -0.411 e. The summed E-state index contributed by atoms with van der Waals surface area (Å²) >= 11 is 17.3. The quantitative estimate of drug-likeness (QED) is 0.267. The van der Waals surface area contributed by atoms with E-state index in [1.807, 2.05) is 20.8 Å². The highest BCUT2D eigenvalue weighted by molar-refractivity contribution is 9.10. The van der Waals surface area contributed by atoms with Gasteiger partial charge in [0.1, 0.15) is 10.3 Å². The number of halogens is 3. The van der Waals surface area contributed by atoms with Gasteiger partial charge in [0, 0.05) is 22.5 Å². The normalized spacial score (nSPS) is 11.2. The topological polar surface area (TPSA) is 98.7 Å². The number of hydrogen-bond acceptors (Lipinski definition) is 7. The number of nitrogens with zero attached hydrogens (tertiary/aromatic N) is 5. The number of aromatic nitrogens is 5. The van der Waals surface area contributed by atoms with Crippen molar-refractivity contribution in [2.24, 2.45) is 0 Å². The number of rotatable bonds is 6. The van der Waals surface area contributed by atoms with Gasteiger partial charge in [-0.2, -0.15) is 5.10 Å². The number of aryl methyl sites for hydroxylation is 1. The first-order valence-corrected chi connectivity index (χ1v) is 12.1. The fourth-order valence-corrected chi connectivity index (χ4v) is 4.50. The van der Waals surface area contributed by atoms with Crippen molar-refractivity contribution in [3.8, 4) is 17.3 Å². The van der Waals surface area contributed by atoms with Crippen LogP contribution < -0.4 is 5.32 Å². The van der Waals surface area contributed by atoms with Crippen molar-refractivity contribution in [3.05, 3.63) is 62.4 Å². The van der Waals surface area contributed by atoms with E-state index in [0.29, 0.717) is 36.9 Å². The van der Waals surface area contributed by atoms with E-state index in [1.165, 1.54) is 16.4 Å². The molecule has 3 heterocycles. The zero-order valence-corrected chi connectivity index (χ0v) is 21.6. The Morgan fingerprint density at radius 3 is 2.76 bits per heavy atom. The summed E-state index contributed by atoms with van der Waals surface area (Å²) in [5, 5.41) is 17.0. The molecule has 33 heavy (non-hydrogen) atoms. The second kappa shape index (κ2) is 9.84. The zero-order valence-electron chi connectivity index (χ0n) is 17.6. The summed E-state index contributed by atoms with van der Waals surface area (Å²) in [4.78, 5) is 17.6. The molecule has 12 heteroatoms. The van der Waals surface area contributed by atoms with Crippen molar-refractivity contribution in [1.82, 2.24) is 25.0 Å². The first kappa shape index (κ1) is 23.7. The van der Waals surface area contributed by atoms with E-state index in [1.54, 1.807) is 36.5 Å². The van der Waals surface area contributed by atoms with Gasteiger partial charge in [0.25, 0.3) is 17.0 Å². The molecule has 0 bridgehead atoms. The molecule has 0 aliphatic rings. The number of thioether (sulfide) groups is 1. The molecule has 0 atom stereocenters. The average Bonchev–Trinajstić information content (AvgIpc) is 3.36. The van der Waals surface area contributed by atoms with Crippen LogP contribution in [0.1, 0.15) is 29.9 Å². The Morgan fingerprint density at radius 2 is 2.03 bits per heavy atom. The highest BCUT2D eigenvalue weighted by atomic mass is 79.9. The van der Waals surface area contributed by atoms with Gasteiger partial charge in [0.15, 0.2) is 5.82 Å². The molecule has 0 aliphatic carbocycles. The molecular weight excluding hydrogens is 551 g/mol. The summed E-state index contributed by atoms with van der Waals surface area (Å²) in [6.07, 6.45) is 1.57. The maximum atomic E-state index is 13.3. The van der Waals surface area contributed by atoms with Gasteiger partial charge < -0.3 is 9.73 Å². The molecule has 0 saturated carbocycles. The first-order chi connectivity index (χ1) is 15.7. The van der Waals surface area contributed by atoms with E-state index >= 15 is 0 Å². The molecule has 1 aromatic carbocycles. The standard InChI is InChI=1S/C21H17BrCl2N6O2S/c1-10(2)33-21-28-27-20(32-21)13-8-12(23)7-11(3)17(13)26-19(31)15-9-16(22)29-30(15)18-14(24)5-4-6-25-18/h4-10H,1-3H3,(H,26,31). The fourth-order valence-electron chi connectivity index (χ4n) is 3.03. The van der Waals surface area contributed by atoms with Gasteiger partial charge in [-0.1, -0.05) is 48.8 Å². The van der Waals surface area contributed by atoms with Crippen molar-refractivity contribution in [3.63, 3.8) is 0 Å². The molecule has 1 N–H and O–H groups in total. The van der Waals surface area contributed by atoms with Crippen LogP contribution in [0.4, 0.5) is 5.69 Å². The summed E-state index contributed by atoms with van der Waals surface area (Å²) in [6.45, 7) is 5.88. The van der Waals surface area contributed by atoms with Gasteiger partial charge in [0.05, 0.1) is 16.3 Å². The van der Waals surface area contributed by atoms with E-state index in [4.69, 9.17) is 27.6 Å². The van der Waals surface area contributed by atoms with E-state index in [9.17, 15) is 4.79 Å². The molecule has 0 fully saturated rings. The predicted octanol–water partition coefficient (Wildman–Crippen LogP) is 6.45. The van der Waals surface area contributed by atoms with E-state index in [-0.39, 0.29) is 16.8 Å². The van der Waals surface area contributed by atoms with Crippen molar-refractivity contribution < 1.29 is 9.21 Å². The molecule has 0 radical (unpaired) electrons. The highest BCUT2D eigenvalue weighted by Crippen LogP contribution is 2.35. The largest absolute Gasteiger partial charge is 0.411 e. The third kappa shape index (κ3) is 5.24. The second-order valence-corrected chi connectivity index (χ2v) is 10.4. The smallest absolute Gasteiger partial charge is 0.277 e. The lowest BCUT2D eigenvalue weighted by Gasteiger charge is -2.13. The minimum absolute atomic E-state index is 0.226. The molecular formula is C21H17BrCl2N6O2S. The number of carbonyl (C=O) groups excluding carboxylic acids is 1. The lowest BCUT2D eigenvalue weighted by atomic mass is 10.1. The van der Waals surface area contributed by atoms with Crippen LogP contribution in [-0.2, 0) is 0 Å². The molecule has 8 nitrogen and oxygen atoms in total. The van der Waals surface area contributed by atoms with E-state index < -0.39 is 5.91 Å². The number of anilines is 1. The Morgan fingerprint density at radius 1 is 1.24 bits per heavy atom. The molecule has 0 aliphatic heterocycles. The maximum absolute atomic E-state index is 13.3. The van der Waals surface area contributed by atoms with Crippen LogP contribution in [0.25, 0.3) is 17.3 Å². The number of benzene rings is 1. The van der Waals surface area contributed by atoms with Crippen LogP contribution in [0.15, 0.2) is 50.8 Å². The maximum Gasteiger partial charge on any atom is 0.277 e. The van der Waals surface area contributed by atoms with Crippen LogP contribution in [0.5, 0.6) is 0 Å². The SMILES string of the molecule is Cc1cc(Cl)cc(-c2nnc(SC(C)C)o2)c1NC(=O)c1cc(Br)nn1-c1ncccc1Cl. The van der Waals surface area contributed by atoms with Gasteiger partial charge >= 0.3 is 0 Å². The van der Waals surface area contributed by atoms with Gasteiger partial charge in [-0.25, -0.2) is 9.67 Å². The molecule has 4 aromatic rings.